The van der Waals surface area contributed by atoms with E-state index in [9.17, 15) is 23.1 Å². The molecule has 0 aliphatic carbocycles. The summed E-state index contributed by atoms with van der Waals surface area (Å²) in [6.07, 6.45) is -1.58. The van der Waals surface area contributed by atoms with Gasteiger partial charge < -0.3 is 10.4 Å². The van der Waals surface area contributed by atoms with Gasteiger partial charge in [-0.1, -0.05) is 0 Å². The Kier molecular flexibility index (Phi) is 4.48. The third-order valence-corrected chi connectivity index (χ3v) is 5.23. The lowest BCUT2D eigenvalue weighted by Crippen LogP contribution is -2.36. The molecule has 4 rings (SSSR count). The van der Waals surface area contributed by atoms with E-state index in [1.54, 1.807) is 10.7 Å². The Bertz CT molecular complexity index is 1090. The SMILES string of the molecule is Cc1cc(C(F)(F)F)cc(O)c1-c1cc(C)c2cn(C3CCC(=O)NC3)nc2n1. The number of rotatable bonds is 2. The lowest BCUT2D eigenvalue weighted by atomic mass is 9.99. The molecule has 3 aromatic rings. The van der Waals surface area contributed by atoms with Gasteiger partial charge in [0.25, 0.3) is 0 Å². The Labute approximate surface area is 164 Å². The number of alkyl halides is 3. The molecule has 0 bridgehead atoms. The molecule has 3 heterocycles. The van der Waals surface area contributed by atoms with E-state index in [4.69, 9.17) is 0 Å². The fourth-order valence-electron chi connectivity index (χ4n) is 3.70. The number of carbonyl (C=O) groups excluding carboxylic acids is 1. The predicted octanol–water partition coefficient (Wildman–Crippen LogP) is 3.89. The number of hydrogen-bond acceptors (Lipinski definition) is 4. The third kappa shape index (κ3) is 3.52. The van der Waals surface area contributed by atoms with Crippen LogP contribution in [0, 0.1) is 13.8 Å². The highest BCUT2D eigenvalue weighted by molar-refractivity contribution is 5.83. The molecule has 152 valence electrons. The van der Waals surface area contributed by atoms with Crippen LogP contribution in [0.5, 0.6) is 5.75 Å². The lowest BCUT2D eigenvalue weighted by Gasteiger charge is -2.22. The molecule has 0 saturated carbocycles. The van der Waals surface area contributed by atoms with Gasteiger partial charge in [-0.25, -0.2) is 4.98 Å². The van der Waals surface area contributed by atoms with Gasteiger partial charge in [0.1, 0.15) is 5.75 Å². The second kappa shape index (κ2) is 6.75. The maximum Gasteiger partial charge on any atom is 0.416 e. The average Bonchev–Trinajstić information content (AvgIpc) is 3.06. The van der Waals surface area contributed by atoms with Crippen LogP contribution in [-0.2, 0) is 11.0 Å². The molecule has 29 heavy (non-hydrogen) atoms. The minimum absolute atomic E-state index is 0.0165. The van der Waals surface area contributed by atoms with Gasteiger partial charge in [0.15, 0.2) is 5.65 Å². The summed E-state index contributed by atoms with van der Waals surface area (Å²) in [6.45, 7) is 3.85. The van der Waals surface area contributed by atoms with E-state index < -0.39 is 17.5 Å². The molecule has 1 aliphatic heterocycles. The molecule has 1 unspecified atom stereocenters. The number of amides is 1. The molecule has 1 aliphatic rings. The van der Waals surface area contributed by atoms with Crippen LogP contribution in [0.4, 0.5) is 13.2 Å². The number of pyridine rings is 1. The Morgan fingerprint density at radius 3 is 2.59 bits per heavy atom. The second-order valence-electron chi connectivity index (χ2n) is 7.35. The van der Waals surface area contributed by atoms with Gasteiger partial charge in [0, 0.05) is 30.1 Å². The number of aromatic nitrogens is 3. The van der Waals surface area contributed by atoms with Gasteiger partial charge in [0.2, 0.25) is 5.91 Å². The van der Waals surface area contributed by atoms with Crippen LogP contribution in [0.3, 0.4) is 0 Å². The minimum atomic E-state index is -4.54. The van der Waals surface area contributed by atoms with E-state index in [0.29, 0.717) is 36.8 Å². The quantitative estimate of drug-likeness (QED) is 0.679. The summed E-state index contributed by atoms with van der Waals surface area (Å²) < 4.78 is 40.7. The fraction of sp³-hybridized carbons (Fsp3) is 0.350. The number of halogens is 3. The summed E-state index contributed by atoms with van der Waals surface area (Å²) in [5, 5.41) is 18.4. The summed E-state index contributed by atoms with van der Waals surface area (Å²) in [5.74, 6) is -0.458. The number of benzene rings is 1. The molecule has 1 atom stereocenters. The first kappa shape index (κ1) is 19.2. The number of fused-ring (bicyclic) bond motifs is 1. The topological polar surface area (TPSA) is 80.0 Å². The third-order valence-electron chi connectivity index (χ3n) is 5.23. The van der Waals surface area contributed by atoms with Crippen LogP contribution in [0.1, 0.15) is 35.6 Å². The standard InChI is InChI=1S/C20H19F3N4O2/c1-10-6-15(18-11(2)5-12(7-16(18)28)20(21,22)23)25-19-14(10)9-27(26-19)13-3-4-17(29)24-8-13/h5-7,9,13,28H,3-4,8H2,1-2H3,(H,24,29). The van der Waals surface area contributed by atoms with E-state index in [1.807, 2.05) is 13.1 Å². The smallest absolute Gasteiger partial charge is 0.416 e. The Balaban J connectivity index is 1.77. The molecule has 9 heteroatoms. The Morgan fingerprint density at radius 1 is 1.21 bits per heavy atom. The second-order valence-corrected chi connectivity index (χ2v) is 7.35. The van der Waals surface area contributed by atoms with Gasteiger partial charge >= 0.3 is 6.18 Å². The number of phenols is 1. The van der Waals surface area contributed by atoms with E-state index in [2.05, 4.69) is 15.4 Å². The van der Waals surface area contributed by atoms with Crippen molar-refractivity contribution in [3.8, 4) is 17.0 Å². The number of phenolic OH excluding ortho intramolecular Hbond substituents is 1. The summed E-state index contributed by atoms with van der Waals surface area (Å²) in [5.41, 5.74) is 1.27. The summed E-state index contributed by atoms with van der Waals surface area (Å²) >= 11 is 0. The first-order chi connectivity index (χ1) is 13.6. The predicted molar refractivity (Wildman–Crippen MR) is 100 cm³/mol. The number of carbonyl (C=O) groups is 1. The summed E-state index contributed by atoms with van der Waals surface area (Å²) in [4.78, 5) is 15.9. The zero-order chi connectivity index (χ0) is 20.9. The number of piperidine rings is 1. The largest absolute Gasteiger partial charge is 0.507 e. The van der Waals surface area contributed by atoms with Crippen molar-refractivity contribution in [1.29, 1.82) is 0 Å². The summed E-state index contributed by atoms with van der Waals surface area (Å²) in [7, 11) is 0. The van der Waals surface area contributed by atoms with Crippen LogP contribution in [-0.4, -0.2) is 32.3 Å². The first-order valence-corrected chi connectivity index (χ1v) is 9.18. The van der Waals surface area contributed by atoms with Crippen molar-refractivity contribution in [2.75, 3.05) is 6.54 Å². The number of hydrogen-bond donors (Lipinski definition) is 2. The maximum absolute atomic E-state index is 13.0. The molecular weight excluding hydrogens is 385 g/mol. The number of nitrogens with zero attached hydrogens (tertiary/aromatic N) is 3. The Morgan fingerprint density at radius 2 is 1.97 bits per heavy atom. The molecule has 2 aromatic heterocycles. The van der Waals surface area contributed by atoms with Gasteiger partial charge in [0.05, 0.1) is 17.3 Å². The zero-order valence-electron chi connectivity index (χ0n) is 15.8. The molecular formula is C20H19F3N4O2. The van der Waals surface area contributed by atoms with Gasteiger partial charge in [-0.2, -0.15) is 18.3 Å². The maximum atomic E-state index is 13.0. The molecule has 0 radical (unpaired) electrons. The zero-order valence-corrected chi connectivity index (χ0v) is 15.8. The minimum Gasteiger partial charge on any atom is -0.507 e. The monoisotopic (exact) mass is 404 g/mol. The van der Waals surface area contributed by atoms with Crippen molar-refractivity contribution in [1.82, 2.24) is 20.1 Å². The highest BCUT2D eigenvalue weighted by Crippen LogP contribution is 2.39. The number of nitrogens with one attached hydrogen (secondary N) is 1. The molecule has 2 N–H and O–H groups in total. The molecule has 6 nitrogen and oxygen atoms in total. The van der Waals surface area contributed by atoms with Crippen molar-refractivity contribution in [2.24, 2.45) is 0 Å². The molecule has 1 saturated heterocycles. The van der Waals surface area contributed by atoms with Crippen molar-refractivity contribution in [3.05, 3.63) is 41.1 Å². The van der Waals surface area contributed by atoms with Crippen LogP contribution in [0.2, 0.25) is 0 Å². The van der Waals surface area contributed by atoms with Crippen molar-refractivity contribution in [3.63, 3.8) is 0 Å². The van der Waals surface area contributed by atoms with Crippen molar-refractivity contribution < 1.29 is 23.1 Å². The van der Waals surface area contributed by atoms with Crippen LogP contribution in [0.15, 0.2) is 24.4 Å². The Hall–Kier alpha value is -3.10. The lowest BCUT2D eigenvalue weighted by molar-refractivity contribution is -0.137. The molecule has 1 fully saturated rings. The molecule has 0 spiro atoms. The van der Waals surface area contributed by atoms with Crippen LogP contribution < -0.4 is 5.32 Å². The molecule has 1 amide bonds. The number of aromatic hydroxyl groups is 1. The highest BCUT2D eigenvalue weighted by Gasteiger charge is 2.32. The van der Waals surface area contributed by atoms with Crippen molar-refractivity contribution >= 4 is 16.9 Å². The summed E-state index contributed by atoms with van der Waals surface area (Å²) in [6, 6.07) is 3.46. The first-order valence-electron chi connectivity index (χ1n) is 9.18. The van der Waals surface area contributed by atoms with E-state index >= 15 is 0 Å². The van der Waals surface area contributed by atoms with Gasteiger partial charge in [-0.15, -0.1) is 0 Å². The normalized spacial score (nSPS) is 17.6. The van der Waals surface area contributed by atoms with Gasteiger partial charge in [-0.3, -0.25) is 9.48 Å². The van der Waals surface area contributed by atoms with Crippen molar-refractivity contribution in [2.45, 2.75) is 38.9 Å². The highest BCUT2D eigenvalue weighted by atomic mass is 19.4. The fourth-order valence-corrected chi connectivity index (χ4v) is 3.70. The van der Waals surface area contributed by atoms with E-state index in [0.717, 1.165) is 17.0 Å². The van der Waals surface area contributed by atoms with Crippen LogP contribution in [0.25, 0.3) is 22.3 Å². The van der Waals surface area contributed by atoms with E-state index in [-0.39, 0.29) is 23.1 Å². The van der Waals surface area contributed by atoms with E-state index in [1.165, 1.54) is 6.92 Å². The number of aryl methyl sites for hydroxylation is 2. The average molecular weight is 404 g/mol. The van der Waals surface area contributed by atoms with Gasteiger partial charge in [-0.05, 0) is 49.6 Å². The van der Waals surface area contributed by atoms with Crippen LogP contribution >= 0.6 is 0 Å². The molecule has 1 aromatic carbocycles.